The fourth-order valence-electron chi connectivity index (χ4n) is 2.74. The number of rotatable bonds is 9. The summed E-state index contributed by atoms with van der Waals surface area (Å²) in [5, 5.41) is 9.85. The van der Waals surface area contributed by atoms with Gasteiger partial charge in [-0.2, -0.15) is 0 Å². The molecule has 0 amide bonds. The first kappa shape index (κ1) is 24.1. The van der Waals surface area contributed by atoms with E-state index in [-0.39, 0.29) is 24.0 Å². The molecule has 0 saturated carbocycles. The third-order valence-electron chi connectivity index (χ3n) is 4.16. The van der Waals surface area contributed by atoms with Crippen LogP contribution in [0.25, 0.3) is 0 Å². The summed E-state index contributed by atoms with van der Waals surface area (Å²) >= 11 is 1.68. The summed E-state index contributed by atoms with van der Waals surface area (Å²) < 4.78 is 5.93. The number of nitrogens with zero attached hydrogens (tertiary/aromatic N) is 3. The van der Waals surface area contributed by atoms with Crippen LogP contribution in [-0.4, -0.2) is 29.0 Å². The number of aromatic nitrogens is 2. The van der Waals surface area contributed by atoms with E-state index in [1.54, 1.807) is 17.5 Å². The highest BCUT2D eigenvalue weighted by Gasteiger charge is 2.06. The first-order chi connectivity index (χ1) is 14.2. The summed E-state index contributed by atoms with van der Waals surface area (Å²) in [4.78, 5) is 13.6. The molecule has 0 aliphatic heterocycles. The number of aryl methyl sites for hydroxylation is 1. The summed E-state index contributed by atoms with van der Waals surface area (Å²) in [6.07, 6.45) is 2.61. The third kappa shape index (κ3) is 7.91. The van der Waals surface area contributed by atoms with Crippen molar-refractivity contribution in [3.05, 3.63) is 75.9 Å². The van der Waals surface area contributed by atoms with Crippen molar-refractivity contribution in [2.75, 3.05) is 13.1 Å². The Labute approximate surface area is 199 Å². The molecule has 0 atom stereocenters. The predicted octanol–water partition coefficient (Wildman–Crippen LogP) is 4.34. The SMILES string of the molecule is CCNC(=NCc1cccnc1OCc1ccccc1)NCCc1csc(C)n1.I. The quantitative estimate of drug-likeness (QED) is 0.242. The van der Waals surface area contributed by atoms with Crippen LogP contribution in [0.2, 0.25) is 0 Å². The fraction of sp³-hybridized carbons (Fsp3) is 0.318. The van der Waals surface area contributed by atoms with Gasteiger partial charge in [0, 0.05) is 36.7 Å². The van der Waals surface area contributed by atoms with Crippen LogP contribution in [0.4, 0.5) is 0 Å². The Morgan fingerprint density at radius 2 is 1.97 bits per heavy atom. The summed E-state index contributed by atoms with van der Waals surface area (Å²) in [6.45, 7) is 6.63. The molecule has 0 spiro atoms. The standard InChI is InChI=1S/C22H27N5OS.HI/c1-3-23-22(25-13-11-20-16-29-17(2)27-20)26-14-19-10-7-12-24-21(19)28-15-18-8-5-4-6-9-18;/h4-10,12,16H,3,11,13-15H2,1-2H3,(H2,23,25,26);1H. The molecule has 2 heterocycles. The predicted molar refractivity (Wildman–Crippen MR) is 134 cm³/mol. The molecule has 0 fully saturated rings. The van der Waals surface area contributed by atoms with E-state index in [0.29, 0.717) is 19.0 Å². The van der Waals surface area contributed by atoms with Gasteiger partial charge >= 0.3 is 0 Å². The zero-order valence-corrected chi connectivity index (χ0v) is 20.4. The van der Waals surface area contributed by atoms with E-state index in [0.717, 1.165) is 47.3 Å². The molecule has 0 aliphatic carbocycles. The topological polar surface area (TPSA) is 71.4 Å². The molecule has 2 aromatic heterocycles. The van der Waals surface area contributed by atoms with E-state index in [1.807, 2.05) is 49.4 Å². The maximum atomic E-state index is 5.93. The van der Waals surface area contributed by atoms with Crippen molar-refractivity contribution < 1.29 is 4.74 Å². The zero-order valence-electron chi connectivity index (χ0n) is 17.3. The number of ether oxygens (including phenoxy) is 1. The molecule has 160 valence electrons. The van der Waals surface area contributed by atoms with E-state index >= 15 is 0 Å². The summed E-state index contributed by atoms with van der Waals surface area (Å²) in [5.41, 5.74) is 3.18. The lowest BCUT2D eigenvalue weighted by Crippen LogP contribution is -2.38. The highest BCUT2D eigenvalue weighted by molar-refractivity contribution is 14.0. The van der Waals surface area contributed by atoms with Crippen LogP contribution in [-0.2, 0) is 19.6 Å². The molecule has 0 aliphatic rings. The first-order valence-corrected chi connectivity index (χ1v) is 10.7. The van der Waals surface area contributed by atoms with E-state index in [4.69, 9.17) is 9.73 Å². The molecule has 0 unspecified atom stereocenters. The van der Waals surface area contributed by atoms with Gasteiger partial charge in [-0.25, -0.2) is 15.0 Å². The Balaban J connectivity index is 0.00000320. The molecule has 3 rings (SSSR count). The van der Waals surface area contributed by atoms with E-state index in [2.05, 4.69) is 32.9 Å². The number of hydrogen-bond donors (Lipinski definition) is 2. The lowest BCUT2D eigenvalue weighted by Gasteiger charge is -2.12. The Bertz CT molecular complexity index is 917. The average Bonchev–Trinajstić information content (AvgIpc) is 3.17. The minimum atomic E-state index is 0. The molecule has 6 nitrogen and oxygen atoms in total. The van der Waals surface area contributed by atoms with Gasteiger partial charge in [0.25, 0.3) is 0 Å². The number of aliphatic imine (C=N–C) groups is 1. The largest absolute Gasteiger partial charge is 0.473 e. The molecular weight excluding hydrogens is 509 g/mol. The molecule has 30 heavy (non-hydrogen) atoms. The Hall–Kier alpha value is -2.20. The number of thiazole rings is 1. The number of hydrogen-bond acceptors (Lipinski definition) is 5. The second-order valence-electron chi connectivity index (χ2n) is 6.47. The molecule has 2 N–H and O–H groups in total. The smallest absolute Gasteiger partial charge is 0.218 e. The molecule has 0 bridgehead atoms. The van der Waals surface area contributed by atoms with Gasteiger partial charge < -0.3 is 15.4 Å². The Kier molecular flexibility index (Phi) is 10.6. The van der Waals surface area contributed by atoms with Gasteiger partial charge in [-0.3, -0.25) is 0 Å². The fourth-order valence-corrected chi connectivity index (χ4v) is 3.39. The first-order valence-electron chi connectivity index (χ1n) is 9.78. The van der Waals surface area contributed by atoms with Crippen molar-refractivity contribution in [1.82, 2.24) is 20.6 Å². The molecular formula is C22H28IN5OS. The van der Waals surface area contributed by atoms with Gasteiger partial charge in [-0.1, -0.05) is 36.4 Å². The molecule has 0 radical (unpaired) electrons. The maximum Gasteiger partial charge on any atom is 0.218 e. The van der Waals surface area contributed by atoms with Crippen molar-refractivity contribution in [3.63, 3.8) is 0 Å². The number of pyridine rings is 1. The normalized spacial score (nSPS) is 10.9. The van der Waals surface area contributed by atoms with Crippen LogP contribution in [0.3, 0.4) is 0 Å². The van der Waals surface area contributed by atoms with Crippen LogP contribution >= 0.6 is 35.3 Å². The van der Waals surface area contributed by atoms with Crippen LogP contribution in [0.5, 0.6) is 5.88 Å². The van der Waals surface area contributed by atoms with Crippen LogP contribution in [0, 0.1) is 6.92 Å². The van der Waals surface area contributed by atoms with E-state index in [9.17, 15) is 0 Å². The van der Waals surface area contributed by atoms with Crippen molar-refractivity contribution >= 4 is 41.3 Å². The van der Waals surface area contributed by atoms with Crippen molar-refractivity contribution in [1.29, 1.82) is 0 Å². The number of benzene rings is 1. The van der Waals surface area contributed by atoms with Crippen molar-refractivity contribution in [2.45, 2.75) is 33.4 Å². The second-order valence-corrected chi connectivity index (χ2v) is 7.53. The maximum absolute atomic E-state index is 5.93. The molecule has 8 heteroatoms. The minimum absolute atomic E-state index is 0. The van der Waals surface area contributed by atoms with E-state index in [1.165, 1.54) is 0 Å². The molecule has 0 saturated heterocycles. The summed E-state index contributed by atoms with van der Waals surface area (Å²) in [7, 11) is 0. The lowest BCUT2D eigenvalue weighted by molar-refractivity contribution is 0.290. The number of nitrogens with one attached hydrogen (secondary N) is 2. The Morgan fingerprint density at radius 3 is 2.70 bits per heavy atom. The van der Waals surface area contributed by atoms with Gasteiger partial charge in [0.15, 0.2) is 5.96 Å². The van der Waals surface area contributed by atoms with Crippen LogP contribution in [0.1, 0.15) is 28.8 Å². The Morgan fingerprint density at radius 1 is 1.13 bits per heavy atom. The van der Waals surface area contributed by atoms with Gasteiger partial charge in [0.2, 0.25) is 5.88 Å². The van der Waals surface area contributed by atoms with E-state index < -0.39 is 0 Å². The van der Waals surface area contributed by atoms with Crippen molar-refractivity contribution in [2.24, 2.45) is 4.99 Å². The minimum Gasteiger partial charge on any atom is -0.473 e. The van der Waals surface area contributed by atoms with Gasteiger partial charge in [-0.05, 0) is 25.5 Å². The summed E-state index contributed by atoms with van der Waals surface area (Å²) in [6, 6.07) is 14.0. The van der Waals surface area contributed by atoms with Gasteiger partial charge in [0.05, 0.1) is 17.2 Å². The number of guanidine groups is 1. The monoisotopic (exact) mass is 537 g/mol. The average molecular weight is 537 g/mol. The van der Waals surface area contributed by atoms with Crippen LogP contribution < -0.4 is 15.4 Å². The van der Waals surface area contributed by atoms with Gasteiger partial charge in [-0.15, -0.1) is 35.3 Å². The lowest BCUT2D eigenvalue weighted by atomic mass is 10.2. The van der Waals surface area contributed by atoms with Crippen molar-refractivity contribution in [3.8, 4) is 5.88 Å². The highest BCUT2D eigenvalue weighted by Crippen LogP contribution is 2.17. The molecule has 1 aromatic carbocycles. The number of halogens is 1. The second kappa shape index (κ2) is 13.2. The summed E-state index contributed by atoms with van der Waals surface area (Å²) in [5.74, 6) is 1.39. The van der Waals surface area contributed by atoms with Crippen LogP contribution in [0.15, 0.2) is 59.0 Å². The third-order valence-corrected chi connectivity index (χ3v) is 4.98. The zero-order chi connectivity index (χ0) is 20.3. The van der Waals surface area contributed by atoms with Gasteiger partial charge in [0.1, 0.15) is 6.61 Å². The molecule has 3 aromatic rings. The highest BCUT2D eigenvalue weighted by atomic mass is 127.